The number of fused-ring (bicyclic) bond motifs is 1. The molecule has 0 unspecified atom stereocenters. The number of carbonyl (C=O) groups is 1. The minimum atomic E-state index is -1.41. The van der Waals surface area contributed by atoms with Crippen molar-refractivity contribution in [3.05, 3.63) is 60.0 Å². The number of nitrogens with zero attached hydrogens (tertiary/aromatic N) is 3. The second-order valence-corrected chi connectivity index (χ2v) is 8.01. The number of pyridine rings is 1. The van der Waals surface area contributed by atoms with Gasteiger partial charge in [-0.05, 0) is 48.9 Å². The number of Topliss-reactive ketones (excluding diaryl/α,β-unsaturated/α-hetero) is 1. The molecule has 1 saturated carbocycles. The van der Waals surface area contributed by atoms with Gasteiger partial charge in [-0.3, -0.25) is 9.78 Å². The molecule has 2 aliphatic carbocycles. The molecule has 0 spiro atoms. The Balaban J connectivity index is 1.66. The van der Waals surface area contributed by atoms with Crippen molar-refractivity contribution >= 4 is 5.78 Å². The molecule has 0 aliphatic heterocycles. The molecule has 3 aromatic rings. The van der Waals surface area contributed by atoms with Crippen molar-refractivity contribution in [2.45, 2.75) is 50.4 Å². The van der Waals surface area contributed by atoms with E-state index in [4.69, 9.17) is 5.10 Å². The SMILES string of the molecule is O=C1CCc2cc(-c3cn([C@]4(O)CCCC[C@H]4O)nc3-c3ccncc3)ccc21. The summed E-state index contributed by atoms with van der Waals surface area (Å²) >= 11 is 0. The molecule has 0 saturated heterocycles. The first-order chi connectivity index (χ1) is 14.1. The number of aliphatic hydroxyl groups excluding tert-OH is 1. The third-order valence-electron chi connectivity index (χ3n) is 6.21. The van der Waals surface area contributed by atoms with Crippen LogP contribution in [-0.2, 0) is 12.1 Å². The number of hydrogen-bond acceptors (Lipinski definition) is 5. The fourth-order valence-corrected chi connectivity index (χ4v) is 4.52. The zero-order valence-corrected chi connectivity index (χ0v) is 16.1. The predicted octanol–water partition coefficient (Wildman–Crippen LogP) is 3.32. The molecule has 6 heteroatoms. The Labute approximate surface area is 168 Å². The number of carbonyl (C=O) groups excluding carboxylic acids is 1. The summed E-state index contributed by atoms with van der Waals surface area (Å²) in [4.78, 5) is 16.1. The van der Waals surface area contributed by atoms with E-state index < -0.39 is 11.8 Å². The first kappa shape index (κ1) is 18.2. The first-order valence-corrected chi connectivity index (χ1v) is 10.1. The molecule has 0 amide bonds. The van der Waals surface area contributed by atoms with E-state index in [1.165, 1.54) is 4.68 Å². The van der Waals surface area contributed by atoms with Gasteiger partial charge < -0.3 is 10.2 Å². The van der Waals surface area contributed by atoms with Crippen LogP contribution in [-0.4, -0.2) is 36.9 Å². The summed E-state index contributed by atoms with van der Waals surface area (Å²) in [7, 11) is 0. The molecule has 2 atom stereocenters. The second kappa shape index (κ2) is 6.90. The van der Waals surface area contributed by atoms with E-state index in [-0.39, 0.29) is 5.78 Å². The molecule has 6 nitrogen and oxygen atoms in total. The normalized spacial score (nSPS) is 23.9. The fraction of sp³-hybridized carbons (Fsp3) is 0.348. The molecule has 0 radical (unpaired) electrons. The standard InChI is InChI=1S/C23H23N3O3/c27-20-7-5-16-13-17(4-6-18(16)20)19-14-26(23(29)10-2-1-3-21(23)28)25-22(19)15-8-11-24-12-9-15/h4,6,8-9,11-14,21,28-29H,1-3,5,7,10H2/t21-,23+/m1/s1. The van der Waals surface area contributed by atoms with Crippen LogP contribution in [0.2, 0.25) is 0 Å². The van der Waals surface area contributed by atoms with Crippen LogP contribution >= 0.6 is 0 Å². The summed E-state index contributed by atoms with van der Waals surface area (Å²) in [5.74, 6) is 0.191. The van der Waals surface area contributed by atoms with Crippen LogP contribution in [0.25, 0.3) is 22.4 Å². The van der Waals surface area contributed by atoms with Crippen molar-refractivity contribution in [3.8, 4) is 22.4 Å². The highest BCUT2D eigenvalue weighted by molar-refractivity contribution is 6.01. The van der Waals surface area contributed by atoms with E-state index >= 15 is 0 Å². The average molecular weight is 389 g/mol. The van der Waals surface area contributed by atoms with Crippen molar-refractivity contribution in [3.63, 3.8) is 0 Å². The predicted molar refractivity (Wildman–Crippen MR) is 108 cm³/mol. The maximum Gasteiger partial charge on any atom is 0.183 e. The van der Waals surface area contributed by atoms with Gasteiger partial charge in [0.2, 0.25) is 0 Å². The third-order valence-corrected chi connectivity index (χ3v) is 6.21. The lowest BCUT2D eigenvalue weighted by Crippen LogP contribution is -2.47. The van der Waals surface area contributed by atoms with E-state index in [0.717, 1.165) is 52.8 Å². The van der Waals surface area contributed by atoms with E-state index in [0.29, 0.717) is 19.3 Å². The van der Waals surface area contributed by atoms with Gasteiger partial charge in [0.05, 0.1) is 0 Å². The number of aromatic nitrogens is 3. The summed E-state index contributed by atoms with van der Waals surface area (Å²) in [5.41, 5.74) is 3.87. The van der Waals surface area contributed by atoms with Crippen LogP contribution < -0.4 is 0 Å². The van der Waals surface area contributed by atoms with Gasteiger partial charge in [-0.2, -0.15) is 5.10 Å². The maximum atomic E-state index is 12.0. The number of rotatable bonds is 3. The van der Waals surface area contributed by atoms with E-state index in [1.54, 1.807) is 12.4 Å². The molecular formula is C23H23N3O3. The summed E-state index contributed by atoms with van der Waals surface area (Å²) in [6.07, 6.45) is 8.45. The van der Waals surface area contributed by atoms with Crippen molar-refractivity contribution in [1.82, 2.24) is 14.8 Å². The van der Waals surface area contributed by atoms with Gasteiger partial charge in [0, 0.05) is 41.7 Å². The number of aryl methyl sites for hydroxylation is 1. The van der Waals surface area contributed by atoms with Crippen molar-refractivity contribution in [2.24, 2.45) is 0 Å². The van der Waals surface area contributed by atoms with E-state index in [1.807, 2.05) is 36.5 Å². The van der Waals surface area contributed by atoms with Gasteiger partial charge in [0.15, 0.2) is 11.5 Å². The molecule has 2 aromatic heterocycles. The highest BCUT2D eigenvalue weighted by Gasteiger charge is 2.41. The van der Waals surface area contributed by atoms with Crippen LogP contribution in [0.5, 0.6) is 0 Å². The number of hydrogen-bond donors (Lipinski definition) is 2. The minimum Gasteiger partial charge on any atom is -0.388 e. The van der Waals surface area contributed by atoms with Gasteiger partial charge in [-0.15, -0.1) is 0 Å². The Bertz CT molecular complexity index is 1080. The van der Waals surface area contributed by atoms with Crippen LogP contribution in [0.4, 0.5) is 0 Å². The Morgan fingerprint density at radius 1 is 1.03 bits per heavy atom. The molecule has 0 bridgehead atoms. The number of ketones is 1. The molecule has 148 valence electrons. The van der Waals surface area contributed by atoms with Gasteiger partial charge >= 0.3 is 0 Å². The van der Waals surface area contributed by atoms with E-state index in [2.05, 4.69) is 4.98 Å². The molecule has 1 fully saturated rings. The maximum absolute atomic E-state index is 12.0. The zero-order valence-electron chi connectivity index (χ0n) is 16.1. The second-order valence-electron chi connectivity index (χ2n) is 8.01. The number of aliphatic hydroxyl groups is 2. The minimum absolute atomic E-state index is 0.191. The molecular weight excluding hydrogens is 366 g/mol. The van der Waals surface area contributed by atoms with Crippen LogP contribution in [0, 0.1) is 0 Å². The van der Waals surface area contributed by atoms with Crippen molar-refractivity contribution in [2.75, 3.05) is 0 Å². The lowest BCUT2D eigenvalue weighted by Gasteiger charge is -2.36. The Morgan fingerprint density at radius 2 is 1.86 bits per heavy atom. The Morgan fingerprint density at radius 3 is 2.66 bits per heavy atom. The third kappa shape index (κ3) is 2.99. The lowest BCUT2D eigenvalue weighted by atomic mass is 9.89. The molecule has 5 rings (SSSR count). The number of benzene rings is 1. The molecule has 2 N–H and O–H groups in total. The lowest BCUT2D eigenvalue weighted by molar-refractivity contribution is -0.164. The Hall–Kier alpha value is -2.83. The molecule has 2 aliphatic rings. The van der Waals surface area contributed by atoms with Gasteiger partial charge in [0.25, 0.3) is 0 Å². The highest BCUT2D eigenvalue weighted by Crippen LogP contribution is 2.38. The zero-order chi connectivity index (χ0) is 20.0. The first-order valence-electron chi connectivity index (χ1n) is 10.1. The monoisotopic (exact) mass is 389 g/mol. The molecule has 29 heavy (non-hydrogen) atoms. The van der Waals surface area contributed by atoms with Crippen LogP contribution in [0.3, 0.4) is 0 Å². The average Bonchev–Trinajstić information content (AvgIpc) is 3.35. The molecule has 2 heterocycles. The molecule has 1 aromatic carbocycles. The van der Waals surface area contributed by atoms with Crippen molar-refractivity contribution in [1.29, 1.82) is 0 Å². The summed E-state index contributed by atoms with van der Waals surface area (Å²) in [6.45, 7) is 0. The Kier molecular flexibility index (Phi) is 4.33. The van der Waals surface area contributed by atoms with E-state index in [9.17, 15) is 15.0 Å². The quantitative estimate of drug-likeness (QED) is 0.717. The summed E-state index contributed by atoms with van der Waals surface area (Å²) < 4.78 is 1.53. The highest BCUT2D eigenvalue weighted by atomic mass is 16.4. The van der Waals surface area contributed by atoms with Crippen LogP contribution in [0.1, 0.15) is 48.0 Å². The van der Waals surface area contributed by atoms with Gasteiger partial charge in [-0.1, -0.05) is 24.6 Å². The summed E-state index contributed by atoms with van der Waals surface area (Å²) in [5, 5.41) is 26.5. The topological polar surface area (TPSA) is 88.2 Å². The smallest absolute Gasteiger partial charge is 0.183 e. The summed E-state index contributed by atoms with van der Waals surface area (Å²) in [6, 6.07) is 9.64. The van der Waals surface area contributed by atoms with Crippen molar-refractivity contribution < 1.29 is 15.0 Å². The van der Waals surface area contributed by atoms with Gasteiger partial charge in [-0.25, -0.2) is 4.68 Å². The largest absolute Gasteiger partial charge is 0.388 e. The van der Waals surface area contributed by atoms with Crippen LogP contribution in [0.15, 0.2) is 48.9 Å². The van der Waals surface area contributed by atoms with Gasteiger partial charge in [0.1, 0.15) is 11.8 Å². The fourth-order valence-electron chi connectivity index (χ4n) is 4.52.